The van der Waals surface area contributed by atoms with Crippen molar-refractivity contribution in [3.05, 3.63) is 77.1 Å². The largest absolute Gasteiger partial charge is 0.378 e. The Morgan fingerprint density at radius 3 is 2.76 bits per heavy atom. The van der Waals surface area contributed by atoms with Crippen molar-refractivity contribution in [3.8, 4) is 11.4 Å². The Morgan fingerprint density at radius 1 is 1.14 bits per heavy atom. The summed E-state index contributed by atoms with van der Waals surface area (Å²) >= 11 is 6.12. The average molecular weight is 407 g/mol. The van der Waals surface area contributed by atoms with E-state index >= 15 is 0 Å². The minimum absolute atomic E-state index is 0.0408. The van der Waals surface area contributed by atoms with Crippen LogP contribution in [0.25, 0.3) is 11.4 Å². The normalized spacial score (nSPS) is 16.1. The maximum Gasteiger partial charge on any atom is 0.254 e. The lowest BCUT2D eigenvalue weighted by atomic mass is 10.1. The van der Waals surface area contributed by atoms with Gasteiger partial charge in [0.25, 0.3) is 5.91 Å². The highest BCUT2D eigenvalue weighted by atomic mass is 35.5. The predicted octanol–water partition coefficient (Wildman–Crippen LogP) is 4.84. The SMILES string of the molecule is CN(C)c1cccc(C(=O)N2CCCC2c2ccnc(-c3cccc(Cl)c3)n2)c1. The van der Waals surface area contributed by atoms with Gasteiger partial charge in [0.15, 0.2) is 5.82 Å². The highest BCUT2D eigenvalue weighted by Gasteiger charge is 2.32. The average Bonchev–Trinajstić information content (AvgIpc) is 3.23. The molecule has 3 aromatic rings. The molecule has 6 heteroatoms. The number of rotatable bonds is 4. The lowest BCUT2D eigenvalue weighted by molar-refractivity contribution is 0.0733. The van der Waals surface area contributed by atoms with Crippen LogP contribution in [0.2, 0.25) is 5.02 Å². The van der Waals surface area contributed by atoms with Gasteiger partial charge >= 0.3 is 0 Å². The summed E-state index contributed by atoms with van der Waals surface area (Å²) < 4.78 is 0. The zero-order valence-corrected chi connectivity index (χ0v) is 17.3. The second-order valence-electron chi connectivity index (χ2n) is 7.42. The van der Waals surface area contributed by atoms with Crippen LogP contribution in [0, 0.1) is 0 Å². The Hall–Kier alpha value is -2.92. The lowest BCUT2D eigenvalue weighted by Gasteiger charge is -2.25. The molecule has 1 unspecified atom stereocenters. The number of amides is 1. The molecule has 2 heterocycles. The van der Waals surface area contributed by atoms with Crippen molar-refractivity contribution in [2.75, 3.05) is 25.5 Å². The summed E-state index contributed by atoms with van der Waals surface area (Å²) in [6, 6.07) is 17.1. The Balaban J connectivity index is 1.63. The second-order valence-corrected chi connectivity index (χ2v) is 7.85. The van der Waals surface area contributed by atoms with Crippen LogP contribution >= 0.6 is 11.6 Å². The van der Waals surface area contributed by atoms with Crippen molar-refractivity contribution >= 4 is 23.2 Å². The highest BCUT2D eigenvalue weighted by Crippen LogP contribution is 2.33. The zero-order valence-electron chi connectivity index (χ0n) is 16.5. The molecule has 1 aliphatic heterocycles. The van der Waals surface area contributed by atoms with Gasteiger partial charge in [0.2, 0.25) is 0 Å². The summed E-state index contributed by atoms with van der Waals surface area (Å²) in [5, 5.41) is 0.648. The van der Waals surface area contributed by atoms with Gasteiger partial charge in [-0.3, -0.25) is 4.79 Å². The van der Waals surface area contributed by atoms with E-state index in [0.717, 1.165) is 36.3 Å². The van der Waals surface area contributed by atoms with Crippen molar-refractivity contribution in [1.82, 2.24) is 14.9 Å². The van der Waals surface area contributed by atoms with E-state index in [1.165, 1.54) is 0 Å². The van der Waals surface area contributed by atoms with Crippen molar-refractivity contribution in [1.29, 1.82) is 0 Å². The maximum atomic E-state index is 13.3. The van der Waals surface area contributed by atoms with Gasteiger partial charge in [0, 0.05) is 48.7 Å². The molecule has 0 N–H and O–H groups in total. The van der Waals surface area contributed by atoms with Gasteiger partial charge in [-0.25, -0.2) is 9.97 Å². The number of aromatic nitrogens is 2. The first kappa shape index (κ1) is 19.4. The molecular formula is C23H23ClN4O. The molecule has 0 spiro atoms. The molecule has 1 amide bonds. The molecule has 148 valence electrons. The maximum absolute atomic E-state index is 13.3. The molecule has 5 nitrogen and oxygen atoms in total. The van der Waals surface area contributed by atoms with E-state index < -0.39 is 0 Å². The number of hydrogen-bond donors (Lipinski definition) is 0. The van der Waals surface area contributed by atoms with Crippen LogP contribution in [-0.2, 0) is 0 Å². The van der Waals surface area contributed by atoms with Gasteiger partial charge in [-0.2, -0.15) is 0 Å². The predicted molar refractivity (Wildman–Crippen MR) is 116 cm³/mol. The molecule has 0 saturated carbocycles. The van der Waals surface area contributed by atoms with Crippen LogP contribution in [-0.4, -0.2) is 41.4 Å². The summed E-state index contributed by atoms with van der Waals surface area (Å²) in [5.41, 5.74) is 3.45. The first-order valence-corrected chi connectivity index (χ1v) is 10.1. The smallest absolute Gasteiger partial charge is 0.254 e. The molecule has 0 aliphatic carbocycles. The van der Waals surface area contributed by atoms with Gasteiger partial charge in [-0.05, 0) is 49.2 Å². The zero-order chi connectivity index (χ0) is 20.4. The summed E-state index contributed by atoms with van der Waals surface area (Å²) in [5.74, 6) is 0.665. The Labute approximate surface area is 176 Å². The summed E-state index contributed by atoms with van der Waals surface area (Å²) in [6.45, 7) is 0.728. The van der Waals surface area contributed by atoms with E-state index in [2.05, 4.69) is 4.98 Å². The topological polar surface area (TPSA) is 49.3 Å². The summed E-state index contributed by atoms with van der Waals surface area (Å²) in [6.07, 6.45) is 3.61. The Morgan fingerprint density at radius 2 is 1.97 bits per heavy atom. The molecule has 1 aliphatic rings. The number of halogens is 1. The van der Waals surface area contributed by atoms with Crippen molar-refractivity contribution in [2.45, 2.75) is 18.9 Å². The van der Waals surface area contributed by atoms with Gasteiger partial charge in [0.05, 0.1) is 11.7 Å². The lowest BCUT2D eigenvalue weighted by Crippen LogP contribution is -2.31. The van der Waals surface area contributed by atoms with E-state index in [0.29, 0.717) is 16.4 Å². The van der Waals surface area contributed by atoms with E-state index in [9.17, 15) is 4.79 Å². The van der Waals surface area contributed by atoms with E-state index in [4.69, 9.17) is 16.6 Å². The number of carbonyl (C=O) groups is 1. The third-order valence-corrected chi connectivity index (χ3v) is 5.46. The fraction of sp³-hybridized carbons (Fsp3) is 0.261. The van der Waals surface area contributed by atoms with Gasteiger partial charge in [-0.1, -0.05) is 29.8 Å². The molecule has 0 radical (unpaired) electrons. The van der Waals surface area contributed by atoms with Crippen LogP contribution in [0.15, 0.2) is 60.8 Å². The van der Waals surface area contributed by atoms with Gasteiger partial charge < -0.3 is 9.80 Å². The minimum Gasteiger partial charge on any atom is -0.378 e. The number of nitrogens with zero attached hydrogens (tertiary/aromatic N) is 4. The molecule has 0 bridgehead atoms. The molecular weight excluding hydrogens is 384 g/mol. The van der Waals surface area contributed by atoms with Crippen molar-refractivity contribution < 1.29 is 4.79 Å². The summed E-state index contributed by atoms with van der Waals surface area (Å²) in [7, 11) is 3.95. The molecule has 1 saturated heterocycles. The Kier molecular flexibility index (Phi) is 5.49. The fourth-order valence-corrected chi connectivity index (χ4v) is 3.92. The minimum atomic E-state index is -0.0496. The standard InChI is InChI=1S/C23H23ClN4O/c1-27(2)19-9-4-7-17(15-19)23(29)28-13-5-10-21(28)20-11-12-25-22(26-20)16-6-3-8-18(24)14-16/h3-4,6-9,11-12,14-15,21H,5,10,13H2,1-2H3. The molecule has 1 aromatic heterocycles. The molecule has 2 aromatic carbocycles. The van der Waals surface area contributed by atoms with Crippen LogP contribution in [0.3, 0.4) is 0 Å². The molecule has 1 atom stereocenters. The van der Waals surface area contributed by atoms with E-state index in [-0.39, 0.29) is 11.9 Å². The van der Waals surface area contributed by atoms with Crippen molar-refractivity contribution in [2.24, 2.45) is 0 Å². The van der Waals surface area contributed by atoms with Crippen LogP contribution in [0.1, 0.15) is 34.9 Å². The third kappa shape index (κ3) is 4.10. The van der Waals surface area contributed by atoms with Gasteiger partial charge in [0.1, 0.15) is 0 Å². The van der Waals surface area contributed by atoms with Crippen LogP contribution < -0.4 is 4.90 Å². The van der Waals surface area contributed by atoms with Gasteiger partial charge in [-0.15, -0.1) is 0 Å². The van der Waals surface area contributed by atoms with E-state index in [1.807, 2.05) is 78.5 Å². The second kappa shape index (κ2) is 8.21. The van der Waals surface area contributed by atoms with E-state index in [1.54, 1.807) is 6.20 Å². The summed E-state index contributed by atoms with van der Waals surface area (Å²) in [4.78, 5) is 26.3. The fourth-order valence-electron chi connectivity index (χ4n) is 3.73. The number of carbonyl (C=O) groups excluding carboxylic acids is 1. The Bertz CT molecular complexity index is 1040. The quantitative estimate of drug-likeness (QED) is 0.622. The first-order chi connectivity index (χ1) is 14.0. The number of likely N-dealkylation sites (tertiary alicyclic amines) is 1. The van der Waals surface area contributed by atoms with Crippen LogP contribution in [0.5, 0.6) is 0 Å². The highest BCUT2D eigenvalue weighted by molar-refractivity contribution is 6.30. The molecule has 29 heavy (non-hydrogen) atoms. The number of hydrogen-bond acceptors (Lipinski definition) is 4. The third-order valence-electron chi connectivity index (χ3n) is 5.22. The molecule has 1 fully saturated rings. The first-order valence-electron chi connectivity index (χ1n) is 9.70. The van der Waals surface area contributed by atoms with Crippen LogP contribution in [0.4, 0.5) is 5.69 Å². The number of anilines is 1. The molecule has 4 rings (SSSR count). The van der Waals surface area contributed by atoms with Crippen molar-refractivity contribution in [3.63, 3.8) is 0 Å². The monoisotopic (exact) mass is 406 g/mol. The number of benzene rings is 2.